The van der Waals surface area contributed by atoms with E-state index < -0.39 is 23.8 Å². The van der Waals surface area contributed by atoms with Crippen LogP contribution in [-0.4, -0.2) is 52.0 Å². The molecule has 7 nitrogen and oxygen atoms in total. The number of hydrogen-bond acceptors (Lipinski definition) is 5. The van der Waals surface area contributed by atoms with E-state index in [2.05, 4.69) is 5.32 Å². The molecule has 1 atom stereocenters. The average molecular weight is 309 g/mol. The van der Waals surface area contributed by atoms with Crippen LogP contribution in [0.3, 0.4) is 0 Å². The Morgan fingerprint density at radius 3 is 2.62 bits per heavy atom. The van der Waals surface area contributed by atoms with Crippen LogP contribution in [0.25, 0.3) is 0 Å². The summed E-state index contributed by atoms with van der Waals surface area (Å²) in [6, 6.07) is 5.47. The maximum absolute atomic E-state index is 12.0. The van der Waals surface area contributed by atoms with Gasteiger partial charge in [-0.2, -0.15) is 0 Å². The van der Waals surface area contributed by atoms with Gasteiger partial charge in [0, 0.05) is 17.0 Å². The third-order valence-corrected chi connectivity index (χ3v) is 4.07. The number of rotatable bonds is 4. The van der Waals surface area contributed by atoms with E-state index in [1.54, 1.807) is 24.3 Å². The Morgan fingerprint density at radius 2 is 2.00 bits per heavy atom. The van der Waals surface area contributed by atoms with Gasteiger partial charge in [-0.25, -0.2) is 4.79 Å². The molecular formula is C13H15N3O4S. The minimum atomic E-state index is -1.03. The molecule has 0 aromatic heterocycles. The van der Waals surface area contributed by atoms with E-state index in [1.165, 1.54) is 16.7 Å². The zero-order chi connectivity index (χ0) is 15.4. The summed E-state index contributed by atoms with van der Waals surface area (Å²) in [5.74, 6) is -1.14. The average Bonchev–Trinajstić information content (AvgIpc) is 2.95. The van der Waals surface area contributed by atoms with Gasteiger partial charge in [0.25, 0.3) is 5.91 Å². The molecule has 1 aliphatic rings. The van der Waals surface area contributed by atoms with Gasteiger partial charge in [-0.05, 0) is 24.3 Å². The van der Waals surface area contributed by atoms with E-state index in [1.807, 2.05) is 0 Å². The highest BCUT2D eigenvalue weighted by molar-refractivity contribution is 7.99. The Kier molecular flexibility index (Phi) is 4.69. The Bertz CT molecular complexity index is 561. The summed E-state index contributed by atoms with van der Waals surface area (Å²) in [5, 5.41) is 11.5. The maximum atomic E-state index is 12.0. The van der Waals surface area contributed by atoms with E-state index in [-0.39, 0.29) is 6.54 Å². The van der Waals surface area contributed by atoms with Crippen molar-refractivity contribution in [3.8, 4) is 0 Å². The van der Waals surface area contributed by atoms with Crippen LogP contribution < -0.4 is 11.1 Å². The zero-order valence-electron chi connectivity index (χ0n) is 11.1. The van der Waals surface area contributed by atoms with Crippen molar-refractivity contribution >= 4 is 35.2 Å². The number of thioether (sulfide) groups is 1. The summed E-state index contributed by atoms with van der Waals surface area (Å²) in [6.45, 7) is -0.229. The van der Waals surface area contributed by atoms with Crippen LogP contribution in [0.5, 0.6) is 0 Å². The minimum absolute atomic E-state index is 0.229. The first-order chi connectivity index (χ1) is 9.99. The second-order valence-corrected chi connectivity index (χ2v) is 5.52. The summed E-state index contributed by atoms with van der Waals surface area (Å²) < 4.78 is 0. The number of benzene rings is 1. The number of amides is 2. The molecule has 8 heteroatoms. The van der Waals surface area contributed by atoms with Crippen LogP contribution in [0.4, 0.5) is 5.69 Å². The highest BCUT2D eigenvalue weighted by atomic mass is 32.2. The molecule has 112 valence electrons. The van der Waals surface area contributed by atoms with Crippen molar-refractivity contribution in [1.29, 1.82) is 0 Å². The Morgan fingerprint density at radius 1 is 1.33 bits per heavy atom. The molecule has 0 radical (unpaired) electrons. The fourth-order valence-corrected chi connectivity index (χ4v) is 3.06. The number of carbonyl (C=O) groups is 3. The predicted molar refractivity (Wildman–Crippen MR) is 78.8 cm³/mol. The van der Waals surface area contributed by atoms with E-state index in [4.69, 9.17) is 10.8 Å². The largest absolute Gasteiger partial charge is 0.480 e. The summed E-state index contributed by atoms with van der Waals surface area (Å²) in [5.41, 5.74) is 6.46. The topological polar surface area (TPSA) is 113 Å². The molecule has 1 heterocycles. The van der Waals surface area contributed by atoms with Crippen LogP contribution in [-0.2, 0) is 9.59 Å². The summed E-state index contributed by atoms with van der Waals surface area (Å²) in [6.07, 6.45) is 0. The van der Waals surface area contributed by atoms with Crippen LogP contribution in [0.2, 0.25) is 0 Å². The number of nitrogen functional groups attached to an aromatic ring is 1. The first kappa shape index (κ1) is 15.2. The number of nitrogens with one attached hydrogen (secondary N) is 1. The van der Waals surface area contributed by atoms with Gasteiger partial charge in [-0.1, -0.05) is 0 Å². The number of aliphatic carboxylic acids is 1. The van der Waals surface area contributed by atoms with Crippen molar-refractivity contribution in [3.63, 3.8) is 0 Å². The normalized spacial score (nSPS) is 17.5. The fraction of sp³-hybridized carbons (Fsp3) is 0.308. The first-order valence-corrected chi connectivity index (χ1v) is 7.38. The summed E-state index contributed by atoms with van der Waals surface area (Å²) >= 11 is 1.38. The van der Waals surface area contributed by atoms with E-state index >= 15 is 0 Å². The van der Waals surface area contributed by atoms with Gasteiger partial charge in [0.05, 0.1) is 12.4 Å². The molecular weight excluding hydrogens is 294 g/mol. The monoisotopic (exact) mass is 309 g/mol. The van der Waals surface area contributed by atoms with Crippen molar-refractivity contribution in [2.24, 2.45) is 0 Å². The predicted octanol–water partition coefficient (Wildman–Crippen LogP) is -0.0153. The van der Waals surface area contributed by atoms with Crippen molar-refractivity contribution in [1.82, 2.24) is 10.2 Å². The number of carbonyl (C=O) groups excluding carboxylic acids is 2. The van der Waals surface area contributed by atoms with Gasteiger partial charge in [0.2, 0.25) is 5.91 Å². The van der Waals surface area contributed by atoms with Crippen LogP contribution in [0, 0.1) is 0 Å². The molecule has 1 aromatic rings. The molecule has 0 bridgehead atoms. The highest BCUT2D eigenvalue weighted by Crippen LogP contribution is 2.20. The summed E-state index contributed by atoms with van der Waals surface area (Å²) in [4.78, 5) is 36.1. The molecule has 0 spiro atoms. The quantitative estimate of drug-likeness (QED) is 0.674. The van der Waals surface area contributed by atoms with Crippen molar-refractivity contribution < 1.29 is 19.5 Å². The van der Waals surface area contributed by atoms with Crippen LogP contribution in [0.15, 0.2) is 24.3 Å². The molecule has 21 heavy (non-hydrogen) atoms. The van der Waals surface area contributed by atoms with Crippen molar-refractivity contribution in [3.05, 3.63) is 29.8 Å². The van der Waals surface area contributed by atoms with Crippen LogP contribution in [0.1, 0.15) is 10.4 Å². The number of nitrogens with two attached hydrogens (primary N) is 1. The van der Waals surface area contributed by atoms with Gasteiger partial charge < -0.3 is 21.1 Å². The number of carboxylic acids is 1. The van der Waals surface area contributed by atoms with E-state index in [0.717, 1.165) is 0 Å². The lowest BCUT2D eigenvalue weighted by Crippen LogP contribution is -2.46. The molecule has 0 saturated carbocycles. The number of nitrogens with zero attached hydrogens (tertiary/aromatic N) is 1. The molecule has 1 aliphatic heterocycles. The third kappa shape index (κ3) is 3.66. The molecule has 2 amide bonds. The lowest BCUT2D eigenvalue weighted by Gasteiger charge is -2.20. The smallest absolute Gasteiger partial charge is 0.327 e. The van der Waals surface area contributed by atoms with Gasteiger partial charge in [-0.3, -0.25) is 9.59 Å². The Hall–Kier alpha value is -2.22. The standard InChI is InChI=1S/C13H15N3O4S/c14-9-3-1-8(2-4-9)12(18)15-5-11(17)16-7-21-6-10(16)13(19)20/h1-4,10H,5-7,14H2,(H,15,18)(H,19,20). The summed E-state index contributed by atoms with van der Waals surface area (Å²) in [7, 11) is 0. The fourth-order valence-electron chi connectivity index (χ4n) is 1.89. The zero-order valence-corrected chi connectivity index (χ0v) is 11.9. The Balaban J connectivity index is 1.90. The number of anilines is 1. The molecule has 1 unspecified atom stereocenters. The van der Waals surface area contributed by atoms with Gasteiger partial charge in [0.15, 0.2) is 0 Å². The van der Waals surface area contributed by atoms with Gasteiger partial charge in [0.1, 0.15) is 6.04 Å². The number of hydrogen-bond donors (Lipinski definition) is 3. The Labute approximate surface area is 125 Å². The van der Waals surface area contributed by atoms with Crippen LogP contribution >= 0.6 is 11.8 Å². The lowest BCUT2D eigenvalue weighted by molar-refractivity contribution is -0.147. The second-order valence-electron chi connectivity index (χ2n) is 4.52. The van der Waals surface area contributed by atoms with Crippen molar-refractivity contribution in [2.45, 2.75) is 6.04 Å². The minimum Gasteiger partial charge on any atom is -0.480 e. The lowest BCUT2D eigenvalue weighted by atomic mass is 10.2. The molecule has 1 aromatic carbocycles. The van der Waals surface area contributed by atoms with E-state index in [9.17, 15) is 14.4 Å². The van der Waals surface area contributed by atoms with Gasteiger partial charge in [-0.15, -0.1) is 11.8 Å². The van der Waals surface area contributed by atoms with Crippen molar-refractivity contribution in [2.75, 3.05) is 23.9 Å². The molecule has 1 saturated heterocycles. The SMILES string of the molecule is Nc1ccc(C(=O)NCC(=O)N2CSCC2C(=O)O)cc1. The highest BCUT2D eigenvalue weighted by Gasteiger charge is 2.34. The second kappa shape index (κ2) is 6.49. The molecule has 1 fully saturated rings. The number of carboxylic acid groups (broad SMARTS) is 1. The first-order valence-electron chi connectivity index (χ1n) is 6.23. The molecule has 0 aliphatic carbocycles. The molecule has 2 rings (SSSR count). The van der Waals surface area contributed by atoms with Gasteiger partial charge >= 0.3 is 5.97 Å². The van der Waals surface area contributed by atoms with E-state index in [0.29, 0.717) is 22.9 Å². The third-order valence-electron chi connectivity index (χ3n) is 3.06. The maximum Gasteiger partial charge on any atom is 0.327 e. The molecule has 4 N–H and O–H groups in total.